The monoisotopic (exact) mass is 347 g/mol. The van der Waals surface area contributed by atoms with Crippen LogP contribution in [0.1, 0.15) is 32.6 Å². The predicted octanol–water partition coefficient (Wildman–Crippen LogP) is 3.72. The van der Waals surface area contributed by atoms with Gasteiger partial charge >= 0.3 is 0 Å². The Labute approximate surface area is 144 Å². The molecule has 0 bridgehead atoms. The molecule has 0 spiro atoms. The van der Waals surface area contributed by atoms with Crippen molar-refractivity contribution in [1.29, 1.82) is 0 Å². The van der Waals surface area contributed by atoms with E-state index >= 15 is 0 Å². The molecule has 130 valence electrons. The SMILES string of the molecule is CCS(=O)(=O)N[C@H]1CCCC[C@@H]1COc1ccc2ccccc2c1. The van der Waals surface area contributed by atoms with Crippen LogP contribution in [0.25, 0.3) is 10.8 Å². The topological polar surface area (TPSA) is 55.4 Å². The van der Waals surface area contributed by atoms with Crippen LogP contribution >= 0.6 is 0 Å². The predicted molar refractivity (Wildman–Crippen MR) is 97.8 cm³/mol. The van der Waals surface area contributed by atoms with E-state index in [1.54, 1.807) is 6.92 Å². The van der Waals surface area contributed by atoms with Crippen molar-refractivity contribution in [2.75, 3.05) is 12.4 Å². The first kappa shape index (κ1) is 17.2. The zero-order valence-electron chi connectivity index (χ0n) is 14.1. The molecule has 1 aliphatic rings. The van der Waals surface area contributed by atoms with E-state index in [-0.39, 0.29) is 17.7 Å². The van der Waals surface area contributed by atoms with Crippen molar-refractivity contribution in [3.8, 4) is 5.75 Å². The third-order valence-electron chi connectivity index (χ3n) is 4.81. The zero-order chi connectivity index (χ0) is 17.0. The highest BCUT2D eigenvalue weighted by molar-refractivity contribution is 7.89. The van der Waals surface area contributed by atoms with Crippen molar-refractivity contribution >= 4 is 20.8 Å². The standard InChI is InChI=1S/C19H25NO3S/c1-2-24(21,22)20-19-10-6-5-9-17(19)14-23-18-12-11-15-7-3-4-8-16(15)13-18/h3-4,7-8,11-13,17,19-20H,2,5-6,9-10,14H2,1H3/t17-,19+/m1/s1. The van der Waals surface area contributed by atoms with Gasteiger partial charge in [0.2, 0.25) is 10.0 Å². The van der Waals surface area contributed by atoms with E-state index in [0.29, 0.717) is 6.61 Å². The minimum absolute atomic E-state index is 0.0100. The summed E-state index contributed by atoms with van der Waals surface area (Å²) in [4.78, 5) is 0. The van der Waals surface area contributed by atoms with Crippen LogP contribution in [0.15, 0.2) is 42.5 Å². The van der Waals surface area contributed by atoms with E-state index in [9.17, 15) is 8.42 Å². The maximum atomic E-state index is 11.9. The maximum Gasteiger partial charge on any atom is 0.211 e. The van der Waals surface area contributed by atoms with Crippen LogP contribution < -0.4 is 9.46 Å². The molecule has 2 atom stereocenters. The second-order valence-corrected chi connectivity index (χ2v) is 8.53. The number of hydrogen-bond acceptors (Lipinski definition) is 3. The molecule has 3 rings (SSSR count). The molecular weight excluding hydrogens is 322 g/mol. The molecule has 0 heterocycles. The first-order valence-corrected chi connectivity index (χ1v) is 10.3. The number of fused-ring (bicyclic) bond motifs is 1. The second-order valence-electron chi connectivity index (χ2n) is 6.49. The van der Waals surface area contributed by atoms with Crippen molar-refractivity contribution in [3.05, 3.63) is 42.5 Å². The lowest BCUT2D eigenvalue weighted by atomic mass is 9.86. The van der Waals surface area contributed by atoms with Crippen molar-refractivity contribution in [2.24, 2.45) is 5.92 Å². The smallest absolute Gasteiger partial charge is 0.211 e. The first-order valence-electron chi connectivity index (χ1n) is 8.69. The molecule has 4 nitrogen and oxygen atoms in total. The number of sulfonamides is 1. The fourth-order valence-corrected chi connectivity index (χ4v) is 4.27. The molecule has 5 heteroatoms. The molecule has 2 aromatic carbocycles. The Hall–Kier alpha value is -1.59. The molecule has 1 aliphatic carbocycles. The summed E-state index contributed by atoms with van der Waals surface area (Å²) < 4.78 is 32.6. The summed E-state index contributed by atoms with van der Waals surface area (Å²) in [5, 5.41) is 2.35. The molecule has 0 radical (unpaired) electrons. The minimum atomic E-state index is -3.17. The van der Waals surface area contributed by atoms with E-state index in [0.717, 1.165) is 36.8 Å². The van der Waals surface area contributed by atoms with Crippen LogP contribution in [0.3, 0.4) is 0 Å². The van der Waals surface area contributed by atoms with Crippen LogP contribution in [0.4, 0.5) is 0 Å². The van der Waals surface area contributed by atoms with Gasteiger partial charge in [0.05, 0.1) is 12.4 Å². The minimum Gasteiger partial charge on any atom is -0.493 e. The number of rotatable bonds is 6. The van der Waals surface area contributed by atoms with Gasteiger partial charge in [0.1, 0.15) is 5.75 Å². The Morgan fingerprint density at radius 3 is 2.62 bits per heavy atom. The van der Waals surface area contributed by atoms with Crippen molar-refractivity contribution in [3.63, 3.8) is 0 Å². The molecule has 0 unspecified atom stereocenters. The highest BCUT2D eigenvalue weighted by atomic mass is 32.2. The van der Waals surface area contributed by atoms with Gasteiger partial charge in [0.15, 0.2) is 0 Å². The summed E-state index contributed by atoms with van der Waals surface area (Å²) in [6.07, 6.45) is 4.11. The van der Waals surface area contributed by atoms with E-state index < -0.39 is 10.0 Å². The average Bonchev–Trinajstić information content (AvgIpc) is 2.60. The molecule has 0 saturated heterocycles. The summed E-state index contributed by atoms with van der Waals surface area (Å²) >= 11 is 0. The van der Waals surface area contributed by atoms with Gasteiger partial charge in [0, 0.05) is 12.0 Å². The average molecular weight is 347 g/mol. The first-order chi connectivity index (χ1) is 11.6. The van der Waals surface area contributed by atoms with Gasteiger partial charge in [0.25, 0.3) is 0 Å². The quantitative estimate of drug-likeness (QED) is 0.866. The third-order valence-corrected chi connectivity index (χ3v) is 6.23. The molecular formula is C19H25NO3S. The highest BCUT2D eigenvalue weighted by Crippen LogP contribution is 2.27. The molecule has 1 N–H and O–H groups in total. The van der Waals surface area contributed by atoms with Crippen LogP contribution in [0, 0.1) is 5.92 Å². The Kier molecular flexibility index (Phi) is 5.41. The van der Waals surface area contributed by atoms with Crippen molar-refractivity contribution in [2.45, 2.75) is 38.6 Å². The van der Waals surface area contributed by atoms with Crippen LogP contribution in [-0.4, -0.2) is 26.8 Å². The fraction of sp³-hybridized carbons (Fsp3) is 0.474. The van der Waals surface area contributed by atoms with Crippen LogP contribution in [0.2, 0.25) is 0 Å². The number of benzene rings is 2. The molecule has 0 amide bonds. The van der Waals surface area contributed by atoms with Crippen LogP contribution in [-0.2, 0) is 10.0 Å². The lowest BCUT2D eigenvalue weighted by Gasteiger charge is -2.31. The van der Waals surface area contributed by atoms with Gasteiger partial charge in [-0.15, -0.1) is 0 Å². The summed E-state index contributed by atoms with van der Waals surface area (Å²) in [6, 6.07) is 14.3. The zero-order valence-corrected chi connectivity index (χ0v) is 14.9. The lowest BCUT2D eigenvalue weighted by molar-refractivity contribution is 0.180. The summed E-state index contributed by atoms with van der Waals surface area (Å²) in [7, 11) is -3.17. The molecule has 0 aromatic heterocycles. The van der Waals surface area contributed by atoms with Gasteiger partial charge < -0.3 is 4.74 Å². The molecule has 1 fully saturated rings. The Balaban J connectivity index is 1.66. The Bertz CT molecular complexity index is 788. The number of ether oxygens (including phenoxy) is 1. The summed E-state index contributed by atoms with van der Waals surface area (Å²) in [6.45, 7) is 2.22. The second kappa shape index (κ2) is 7.53. The normalized spacial score (nSPS) is 21.7. The largest absolute Gasteiger partial charge is 0.493 e. The van der Waals surface area contributed by atoms with E-state index in [4.69, 9.17) is 4.74 Å². The molecule has 0 aliphatic heterocycles. The van der Waals surface area contributed by atoms with Gasteiger partial charge in [-0.2, -0.15) is 0 Å². The highest BCUT2D eigenvalue weighted by Gasteiger charge is 2.28. The summed E-state index contributed by atoms with van der Waals surface area (Å²) in [5.74, 6) is 1.20. The van der Waals surface area contributed by atoms with Gasteiger partial charge in [-0.25, -0.2) is 13.1 Å². The maximum absolute atomic E-state index is 11.9. The fourth-order valence-electron chi connectivity index (χ4n) is 3.34. The third kappa shape index (κ3) is 4.28. The number of hydrogen-bond donors (Lipinski definition) is 1. The Morgan fingerprint density at radius 1 is 1.08 bits per heavy atom. The van der Waals surface area contributed by atoms with E-state index in [1.165, 1.54) is 5.39 Å². The van der Waals surface area contributed by atoms with Crippen molar-refractivity contribution in [1.82, 2.24) is 4.72 Å². The van der Waals surface area contributed by atoms with Gasteiger partial charge in [-0.1, -0.05) is 43.2 Å². The van der Waals surface area contributed by atoms with E-state index in [2.05, 4.69) is 22.9 Å². The summed E-state index contributed by atoms with van der Waals surface area (Å²) in [5.41, 5.74) is 0. The van der Waals surface area contributed by atoms with Gasteiger partial charge in [-0.05, 0) is 42.7 Å². The molecule has 1 saturated carbocycles. The molecule has 24 heavy (non-hydrogen) atoms. The number of nitrogens with one attached hydrogen (secondary N) is 1. The molecule has 2 aromatic rings. The lowest BCUT2D eigenvalue weighted by Crippen LogP contribution is -2.44. The van der Waals surface area contributed by atoms with Gasteiger partial charge in [-0.3, -0.25) is 0 Å². The Morgan fingerprint density at radius 2 is 1.83 bits per heavy atom. The van der Waals surface area contributed by atoms with E-state index in [1.807, 2.05) is 24.3 Å². The van der Waals surface area contributed by atoms with Crippen molar-refractivity contribution < 1.29 is 13.2 Å². The van der Waals surface area contributed by atoms with Crippen LogP contribution in [0.5, 0.6) is 5.75 Å².